The summed E-state index contributed by atoms with van der Waals surface area (Å²) >= 11 is 0. The molecule has 38 heavy (non-hydrogen) atoms. The van der Waals surface area contributed by atoms with Gasteiger partial charge in [0.25, 0.3) is 5.69 Å². The molecule has 0 saturated carbocycles. The summed E-state index contributed by atoms with van der Waals surface area (Å²) in [4.78, 5) is 49.3. The van der Waals surface area contributed by atoms with Crippen molar-refractivity contribution < 1.29 is 28.8 Å². The molecule has 1 amide bonds. The van der Waals surface area contributed by atoms with Gasteiger partial charge in [0.15, 0.2) is 6.61 Å². The lowest BCUT2D eigenvalue weighted by Gasteiger charge is -2.19. The Bertz CT molecular complexity index is 1360. The van der Waals surface area contributed by atoms with Gasteiger partial charge in [0.2, 0.25) is 11.7 Å². The van der Waals surface area contributed by atoms with Crippen LogP contribution in [0.4, 0.5) is 11.4 Å². The van der Waals surface area contributed by atoms with Gasteiger partial charge in [-0.3, -0.25) is 24.5 Å². The number of nitrogens with zero attached hydrogens (tertiary/aromatic N) is 2. The second-order valence-corrected chi connectivity index (χ2v) is 10.1. The quantitative estimate of drug-likeness (QED) is 0.169. The van der Waals surface area contributed by atoms with E-state index in [1.54, 1.807) is 24.3 Å². The van der Waals surface area contributed by atoms with E-state index in [1.807, 2.05) is 24.3 Å². The molecule has 1 atom stereocenters. The number of hydrogen-bond donors (Lipinski definition) is 0. The van der Waals surface area contributed by atoms with Gasteiger partial charge >= 0.3 is 5.97 Å². The zero-order chi connectivity index (χ0) is 27.4. The van der Waals surface area contributed by atoms with E-state index in [1.165, 1.54) is 28.7 Å². The van der Waals surface area contributed by atoms with E-state index in [0.717, 1.165) is 6.07 Å². The van der Waals surface area contributed by atoms with Gasteiger partial charge in [-0.05, 0) is 47.4 Å². The summed E-state index contributed by atoms with van der Waals surface area (Å²) in [5.74, 6) is -0.879. The number of carbonyl (C=O) groups excluding carboxylic acids is 3. The molecule has 0 aromatic heterocycles. The first-order valence-electron chi connectivity index (χ1n) is 12.1. The Morgan fingerprint density at radius 3 is 2.24 bits per heavy atom. The minimum Gasteiger partial charge on any atom is -0.457 e. The van der Waals surface area contributed by atoms with Crippen LogP contribution in [-0.4, -0.2) is 35.7 Å². The highest BCUT2D eigenvalue weighted by Crippen LogP contribution is 2.30. The van der Waals surface area contributed by atoms with Crippen LogP contribution in [0.5, 0.6) is 11.5 Å². The fraction of sp³-hybridized carbons (Fsp3) is 0.276. The van der Waals surface area contributed by atoms with Gasteiger partial charge in [-0.2, -0.15) is 0 Å². The molecule has 3 aromatic carbocycles. The molecular formula is C29H28N2O7. The maximum Gasteiger partial charge on any atom is 0.311 e. The van der Waals surface area contributed by atoms with E-state index in [9.17, 15) is 24.5 Å². The molecule has 1 fully saturated rings. The van der Waals surface area contributed by atoms with Crippen LogP contribution in [0.15, 0.2) is 72.8 Å². The Balaban J connectivity index is 1.32. The maximum atomic E-state index is 12.6. The fourth-order valence-electron chi connectivity index (χ4n) is 4.10. The number of amides is 1. The van der Waals surface area contributed by atoms with E-state index in [2.05, 4.69) is 20.8 Å². The largest absolute Gasteiger partial charge is 0.457 e. The van der Waals surface area contributed by atoms with Gasteiger partial charge in [0.1, 0.15) is 11.5 Å². The summed E-state index contributed by atoms with van der Waals surface area (Å²) in [5, 5.41) is 10.9. The molecule has 0 unspecified atom stereocenters. The summed E-state index contributed by atoms with van der Waals surface area (Å²) in [6, 6.07) is 20.1. The highest BCUT2D eigenvalue weighted by Gasteiger charge is 2.36. The molecule has 0 radical (unpaired) electrons. The first kappa shape index (κ1) is 26.5. The second kappa shape index (κ2) is 10.8. The number of ether oxygens (including phenoxy) is 2. The monoisotopic (exact) mass is 516 g/mol. The van der Waals surface area contributed by atoms with Crippen LogP contribution in [0, 0.1) is 16.0 Å². The number of non-ortho nitro benzene ring substituents is 1. The Labute approximate surface area is 220 Å². The molecule has 196 valence electrons. The molecule has 0 aliphatic carbocycles. The summed E-state index contributed by atoms with van der Waals surface area (Å²) < 4.78 is 11.0. The summed E-state index contributed by atoms with van der Waals surface area (Å²) in [7, 11) is 0. The van der Waals surface area contributed by atoms with Crippen molar-refractivity contribution in [1.82, 2.24) is 0 Å². The number of anilines is 1. The number of ketones is 1. The Morgan fingerprint density at radius 2 is 1.63 bits per heavy atom. The fourth-order valence-corrected chi connectivity index (χ4v) is 4.10. The Hall–Kier alpha value is -4.53. The molecule has 1 saturated heterocycles. The number of hydrogen-bond acceptors (Lipinski definition) is 7. The number of nitro groups is 1. The van der Waals surface area contributed by atoms with Gasteiger partial charge in [-0.25, -0.2) is 0 Å². The zero-order valence-electron chi connectivity index (χ0n) is 21.4. The van der Waals surface area contributed by atoms with Crippen molar-refractivity contribution in [2.24, 2.45) is 5.92 Å². The van der Waals surface area contributed by atoms with Crippen LogP contribution in [0.1, 0.15) is 43.1 Å². The standard InChI is InChI=1S/C29H28N2O7/c1-29(2,3)21-7-11-24(12-8-21)38-25-13-9-22(10-14-25)30-17-20(16-27(30)33)28(34)37-18-26(32)19-5-4-6-23(15-19)31(35)36/h4-15,20H,16-18H2,1-3H3/t20-/m0/s1. The smallest absolute Gasteiger partial charge is 0.311 e. The molecule has 3 aromatic rings. The normalized spacial score (nSPS) is 15.3. The van der Waals surface area contributed by atoms with Crippen molar-refractivity contribution in [2.75, 3.05) is 18.1 Å². The lowest BCUT2D eigenvalue weighted by atomic mass is 9.87. The van der Waals surface area contributed by atoms with E-state index < -0.39 is 29.2 Å². The molecule has 0 N–H and O–H groups in total. The van der Waals surface area contributed by atoms with Crippen molar-refractivity contribution in [3.63, 3.8) is 0 Å². The lowest BCUT2D eigenvalue weighted by Crippen LogP contribution is -2.27. The second-order valence-electron chi connectivity index (χ2n) is 10.1. The minimum atomic E-state index is -0.724. The molecular weight excluding hydrogens is 488 g/mol. The SMILES string of the molecule is CC(C)(C)c1ccc(Oc2ccc(N3C[C@@H](C(=O)OCC(=O)c4cccc([N+](=O)[O-])c4)CC3=O)cc2)cc1. The van der Waals surface area contributed by atoms with Gasteiger partial charge < -0.3 is 14.4 Å². The van der Waals surface area contributed by atoms with Crippen LogP contribution in [0.3, 0.4) is 0 Å². The average molecular weight is 517 g/mol. The van der Waals surface area contributed by atoms with Crippen molar-refractivity contribution in [3.8, 4) is 11.5 Å². The highest BCUT2D eigenvalue weighted by atomic mass is 16.6. The first-order valence-corrected chi connectivity index (χ1v) is 12.1. The van der Waals surface area contributed by atoms with Gasteiger partial charge in [0, 0.05) is 36.3 Å². The maximum absolute atomic E-state index is 12.6. The molecule has 9 heteroatoms. The van der Waals surface area contributed by atoms with Gasteiger partial charge in [0.05, 0.1) is 10.8 Å². The number of rotatable bonds is 8. The predicted octanol–water partition coefficient (Wildman–Crippen LogP) is 5.46. The molecule has 4 rings (SSSR count). The van der Waals surface area contributed by atoms with Crippen molar-refractivity contribution in [3.05, 3.63) is 94.0 Å². The first-order chi connectivity index (χ1) is 18.0. The predicted molar refractivity (Wildman–Crippen MR) is 141 cm³/mol. The number of Topliss-reactive ketones (excluding diaryl/α,β-unsaturated/α-hetero) is 1. The third-order valence-corrected chi connectivity index (χ3v) is 6.29. The molecule has 9 nitrogen and oxygen atoms in total. The Kier molecular flexibility index (Phi) is 7.57. The van der Waals surface area contributed by atoms with Crippen LogP contribution < -0.4 is 9.64 Å². The van der Waals surface area contributed by atoms with Crippen molar-refractivity contribution in [1.29, 1.82) is 0 Å². The van der Waals surface area contributed by atoms with Gasteiger partial charge in [-0.15, -0.1) is 0 Å². The minimum absolute atomic E-state index is 0.0395. The van der Waals surface area contributed by atoms with Gasteiger partial charge in [-0.1, -0.05) is 45.0 Å². The van der Waals surface area contributed by atoms with Crippen LogP contribution in [0.2, 0.25) is 0 Å². The molecule has 0 spiro atoms. The highest BCUT2D eigenvalue weighted by molar-refractivity contribution is 6.01. The third kappa shape index (κ3) is 6.23. The van der Waals surface area contributed by atoms with Crippen LogP contribution in [0.25, 0.3) is 0 Å². The number of benzene rings is 3. The van der Waals surface area contributed by atoms with Crippen LogP contribution >= 0.6 is 0 Å². The van der Waals surface area contributed by atoms with E-state index in [4.69, 9.17) is 9.47 Å². The van der Waals surface area contributed by atoms with E-state index in [-0.39, 0.29) is 35.5 Å². The Morgan fingerprint density at radius 1 is 1.00 bits per heavy atom. The number of nitro benzene ring substituents is 1. The molecule has 1 aliphatic rings. The third-order valence-electron chi connectivity index (χ3n) is 6.29. The average Bonchev–Trinajstić information content (AvgIpc) is 3.29. The van der Waals surface area contributed by atoms with E-state index >= 15 is 0 Å². The topological polar surface area (TPSA) is 116 Å². The van der Waals surface area contributed by atoms with Crippen molar-refractivity contribution >= 4 is 29.0 Å². The summed E-state index contributed by atoms with van der Waals surface area (Å²) in [5.41, 5.74) is 1.72. The molecule has 1 aliphatic heterocycles. The number of esters is 1. The molecule has 0 bridgehead atoms. The van der Waals surface area contributed by atoms with E-state index in [0.29, 0.717) is 17.2 Å². The summed E-state index contributed by atoms with van der Waals surface area (Å²) in [6.07, 6.45) is -0.0395. The summed E-state index contributed by atoms with van der Waals surface area (Å²) in [6.45, 7) is 5.99. The van der Waals surface area contributed by atoms with Crippen molar-refractivity contribution in [2.45, 2.75) is 32.6 Å². The number of carbonyl (C=O) groups is 3. The molecule has 1 heterocycles. The lowest BCUT2D eigenvalue weighted by molar-refractivity contribution is -0.384. The van der Waals surface area contributed by atoms with Crippen LogP contribution in [-0.2, 0) is 19.7 Å². The zero-order valence-corrected chi connectivity index (χ0v) is 21.4.